The minimum Gasteiger partial charge on any atom is -0.336 e. The van der Waals surface area contributed by atoms with Crippen LogP contribution in [-0.2, 0) is 6.18 Å². The van der Waals surface area contributed by atoms with Crippen LogP contribution < -0.4 is 5.32 Å². The Hall–Kier alpha value is -2.85. The van der Waals surface area contributed by atoms with Gasteiger partial charge < -0.3 is 10.2 Å². The molecule has 1 fully saturated rings. The number of nitrogens with one attached hydrogen (secondary N) is 1. The standard InChI is InChI=1S/C22H22F3N3O/c1-2-3-4-5-16-6-9-20(27-15-16)17-7-8-18(19(14-17)22(23,24)25)21(29)28-12-10-26-11-13-28/h6-9,14-15,26H,2-3,10-13H2,1H3. The summed E-state index contributed by atoms with van der Waals surface area (Å²) in [7, 11) is 0. The van der Waals surface area contributed by atoms with E-state index in [0.29, 0.717) is 43.0 Å². The molecule has 4 nitrogen and oxygen atoms in total. The van der Waals surface area contributed by atoms with Crippen LogP contribution in [0, 0.1) is 11.8 Å². The topological polar surface area (TPSA) is 45.2 Å². The second-order valence-corrected chi connectivity index (χ2v) is 6.78. The second-order valence-electron chi connectivity index (χ2n) is 6.78. The van der Waals surface area contributed by atoms with E-state index < -0.39 is 17.6 Å². The Balaban J connectivity index is 1.91. The monoisotopic (exact) mass is 401 g/mol. The van der Waals surface area contributed by atoms with Crippen molar-refractivity contribution in [1.82, 2.24) is 15.2 Å². The van der Waals surface area contributed by atoms with Gasteiger partial charge in [-0.25, -0.2) is 0 Å². The van der Waals surface area contributed by atoms with Gasteiger partial charge in [-0.1, -0.05) is 24.8 Å². The number of hydrogen-bond acceptors (Lipinski definition) is 3. The van der Waals surface area contributed by atoms with Crippen LogP contribution in [0.4, 0.5) is 13.2 Å². The largest absolute Gasteiger partial charge is 0.417 e. The van der Waals surface area contributed by atoms with Crippen LogP contribution in [0.15, 0.2) is 36.5 Å². The molecule has 3 rings (SSSR count). The van der Waals surface area contributed by atoms with Gasteiger partial charge in [0.05, 0.1) is 16.8 Å². The molecule has 1 aliphatic heterocycles. The third kappa shape index (κ3) is 5.15. The Morgan fingerprint density at radius 1 is 1.21 bits per heavy atom. The predicted octanol–water partition coefficient (Wildman–Crippen LogP) is 3.96. The molecule has 0 bridgehead atoms. The number of unbranched alkanes of at least 4 members (excludes halogenated alkanes) is 1. The molecule has 29 heavy (non-hydrogen) atoms. The first-order chi connectivity index (χ1) is 13.9. The van der Waals surface area contributed by atoms with Gasteiger partial charge >= 0.3 is 6.18 Å². The number of piperazine rings is 1. The van der Waals surface area contributed by atoms with E-state index in [4.69, 9.17) is 0 Å². The summed E-state index contributed by atoms with van der Waals surface area (Å²) < 4.78 is 41.1. The van der Waals surface area contributed by atoms with E-state index in [1.807, 2.05) is 6.92 Å². The summed E-state index contributed by atoms with van der Waals surface area (Å²) in [6.07, 6.45) is -1.36. The van der Waals surface area contributed by atoms with E-state index in [0.717, 1.165) is 18.9 Å². The maximum Gasteiger partial charge on any atom is 0.417 e. The number of benzene rings is 1. The Morgan fingerprint density at radius 2 is 1.97 bits per heavy atom. The molecule has 1 aromatic heterocycles. The van der Waals surface area contributed by atoms with Crippen molar-refractivity contribution in [2.75, 3.05) is 26.2 Å². The maximum absolute atomic E-state index is 13.7. The highest BCUT2D eigenvalue weighted by atomic mass is 19.4. The SMILES string of the molecule is CCCC#Cc1ccc(-c2ccc(C(=O)N3CCNCC3)c(C(F)(F)F)c2)nc1. The minimum absolute atomic E-state index is 0.308. The van der Waals surface area contributed by atoms with E-state index in [1.54, 1.807) is 18.3 Å². The fourth-order valence-electron chi connectivity index (χ4n) is 3.09. The van der Waals surface area contributed by atoms with Crippen LogP contribution in [-0.4, -0.2) is 42.0 Å². The molecule has 0 aliphatic carbocycles. The summed E-state index contributed by atoms with van der Waals surface area (Å²) in [6, 6.07) is 7.14. The van der Waals surface area contributed by atoms with Gasteiger partial charge in [-0.15, -0.1) is 0 Å². The number of amides is 1. The van der Waals surface area contributed by atoms with Gasteiger partial charge in [0.1, 0.15) is 0 Å². The Labute approximate surface area is 168 Å². The van der Waals surface area contributed by atoms with Gasteiger partial charge in [-0.3, -0.25) is 9.78 Å². The molecule has 152 valence electrons. The molecule has 2 aromatic rings. The third-order valence-electron chi connectivity index (χ3n) is 4.63. The Kier molecular flexibility index (Phi) is 6.55. The molecule has 0 atom stereocenters. The number of pyridine rings is 1. The van der Waals surface area contributed by atoms with E-state index in [2.05, 4.69) is 22.1 Å². The molecule has 1 aromatic carbocycles. The summed E-state index contributed by atoms with van der Waals surface area (Å²) in [5.41, 5.74) is 0.154. The highest BCUT2D eigenvalue weighted by Gasteiger charge is 2.36. The van der Waals surface area contributed by atoms with Gasteiger partial charge in [0, 0.05) is 49.9 Å². The van der Waals surface area contributed by atoms with E-state index in [9.17, 15) is 18.0 Å². The number of halogens is 3. The first-order valence-corrected chi connectivity index (χ1v) is 9.56. The highest BCUT2D eigenvalue weighted by molar-refractivity contribution is 5.96. The van der Waals surface area contributed by atoms with Crippen molar-refractivity contribution in [3.63, 3.8) is 0 Å². The molecule has 1 N–H and O–H groups in total. The van der Waals surface area contributed by atoms with E-state index in [-0.39, 0.29) is 5.56 Å². The van der Waals surface area contributed by atoms with E-state index in [1.165, 1.54) is 17.0 Å². The third-order valence-corrected chi connectivity index (χ3v) is 4.63. The molecule has 2 heterocycles. The predicted molar refractivity (Wildman–Crippen MR) is 105 cm³/mol. The molecule has 1 aliphatic rings. The van der Waals surface area contributed by atoms with Gasteiger partial charge in [0.25, 0.3) is 5.91 Å². The maximum atomic E-state index is 13.7. The van der Waals surface area contributed by atoms with Crippen LogP contribution in [0.1, 0.15) is 41.3 Å². The lowest BCUT2D eigenvalue weighted by Crippen LogP contribution is -2.46. The number of carbonyl (C=O) groups excluding carboxylic acids is 1. The van der Waals surface area contributed by atoms with Crippen molar-refractivity contribution in [3.8, 4) is 23.1 Å². The fraction of sp³-hybridized carbons (Fsp3) is 0.364. The van der Waals surface area contributed by atoms with Crippen molar-refractivity contribution in [3.05, 3.63) is 53.2 Å². The fourth-order valence-corrected chi connectivity index (χ4v) is 3.09. The molecular formula is C22H22F3N3O. The van der Waals surface area contributed by atoms with Crippen LogP contribution in [0.3, 0.4) is 0 Å². The smallest absolute Gasteiger partial charge is 0.336 e. The summed E-state index contributed by atoms with van der Waals surface area (Å²) in [5, 5.41) is 3.08. The van der Waals surface area contributed by atoms with Crippen molar-refractivity contribution in [2.24, 2.45) is 0 Å². The first-order valence-electron chi connectivity index (χ1n) is 9.56. The average Bonchev–Trinajstić information content (AvgIpc) is 2.73. The molecule has 7 heteroatoms. The Morgan fingerprint density at radius 3 is 2.59 bits per heavy atom. The van der Waals surface area contributed by atoms with Crippen LogP contribution in [0.2, 0.25) is 0 Å². The van der Waals surface area contributed by atoms with Gasteiger partial charge in [0.15, 0.2) is 0 Å². The number of aromatic nitrogens is 1. The molecule has 0 saturated carbocycles. The van der Waals surface area contributed by atoms with Gasteiger partial charge in [0.2, 0.25) is 0 Å². The van der Waals surface area contributed by atoms with Crippen LogP contribution >= 0.6 is 0 Å². The van der Waals surface area contributed by atoms with Gasteiger partial charge in [-0.05, 0) is 30.7 Å². The number of alkyl halides is 3. The lowest BCUT2D eigenvalue weighted by Gasteiger charge is -2.28. The molecular weight excluding hydrogens is 379 g/mol. The summed E-state index contributed by atoms with van der Waals surface area (Å²) in [6.45, 7) is 3.95. The number of nitrogens with zero attached hydrogens (tertiary/aromatic N) is 2. The van der Waals surface area contributed by atoms with Crippen molar-refractivity contribution >= 4 is 5.91 Å². The molecule has 1 saturated heterocycles. The van der Waals surface area contributed by atoms with Crippen LogP contribution in [0.5, 0.6) is 0 Å². The lowest BCUT2D eigenvalue weighted by molar-refractivity contribution is -0.138. The zero-order valence-corrected chi connectivity index (χ0v) is 16.1. The first kappa shape index (κ1) is 20.9. The zero-order valence-electron chi connectivity index (χ0n) is 16.1. The molecule has 0 unspecified atom stereocenters. The molecule has 0 radical (unpaired) electrons. The minimum atomic E-state index is -4.64. The molecule has 1 amide bonds. The van der Waals surface area contributed by atoms with Crippen molar-refractivity contribution in [1.29, 1.82) is 0 Å². The van der Waals surface area contributed by atoms with E-state index >= 15 is 0 Å². The van der Waals surface area contributed by atoms with Gasteiger partial charge in [-0.2, -0.15) is 13.2 Å². The summed E-state index contributed by atoms with van der Waals surface area (Å²) >= 11 is 0. The highest BCUT2D eigenvalue weighted by Crippen LogP contribution is 2.35. The van der Waals surface area contributed by atoms with Crippen molar-refractivity contribution in [2.45, 2.75) is 25.9 Å². The normalized spacial score (nSPS) is 14.3. The summed E-state index contributed by atoms with van der Waals surface area (Å²) in [4.78, 5) is 18.3. The average molecular weight is 401 g/mol. The Bertz CT molecular complexity index is 921. The number of hydrogen-bond donors (Lipinski definition) is 1. The van der Waals surface area contributed by atoms with Crippen LogP contribution in [0.25, 0.3) is 11.3 Å². The number of carbonyl (C=O) groups is 1. The second kappa shape index (κ2) is 9.10. The zero-order chi connectivity index (χ0) is 20.9. The lowest BCUT2D eigenvalue weighted by atomic mass is 10.00. The quantitative estimate of drug-likeness (QED) is 0.792. The van der Waals surface area contributed by atoms with Crippen molar-refractivity contribution < 1.29 is 18.0 Å². The summed E-state index contributed by atoms with van der Waals surface area (Å²) in [5.74, 6) is 5.38. The number of rotatable bonds is 3. The molecule has 0 spiro atoms.